The highest BCUT2D eigenvalue weighted by Gasteiger charge is 2.23. The summed E-state index contributed by atoms with van der Waals surface area (Å²) in [5.74, 6) is -0.754. The number of ether oxygens (including phenoxy) is 1. The Balaban J connectivity index is 2.86. The number of nitrogens with one attached hydrogen (secondary N) is 2. The van der Waals surface area contributed by atoms with Gasteiger partial charge in [-0.15, -0.1) is 0 Å². The van der Waals surface area contributed by atoms with Crippen LogP contribution in [0.15, 0.2) is 21.1 Å². The highest BCUT2D eigenvalue weighted by atomic mass is 79.9. The van der Waals surface area contributed by atoms with E-state index in [0.29, 0.717) is 15.9 Å². The first-order valence-corrected chi connectivity index (χ1v) is 7.68. The number of carboxylic acid groups (broad SMARTS) is 1. The standard InChI is InChI=1S/C13H16Br2N2O4/c1-6(2)11(12(18)19)17-13(20)16-9-5-10(21-3)8(15)4-7(9)14/h4-6,11H,1-3H3,(H,18,19)(H2,16,17,20)/t11-/m1/s1. The number of amides is 2. The number of urea groups is 1. The van der Waals surface area contributed by atoms with Crippen LogP contribution in [0.25, 0.3) is 0 Å². The third-order valence-corrected chi connectivity index (χ3v) is 3.98. The largest absolute Gasteiger partial charge is 0.495 e. The summed E-state index contributed by atoms with van der Waals surface area (Å²) < 4.78 is 6.52. The van der Waals surface area contributed by atoms with Crippen LogP contribution in [0.3, 0.4) is 0 Å². The van der Waals surface area contributed by atoms with E-state index in [0.717, 1.165) is 4.47 Å². The van der Waals surface area contributed by atoms with Crippen LogP contribution < -0.4 is 15.4 Å². The monoisotopic (exact) mass is 422 g/mol. The molecule has 0 radical (unpaired) electrons. The number of carboxylic acids is 1. The van der Waals surface area contributed by atoms with Crippen molar-refractivity contribution in [3.05, 3.63) is 21.1 Å². The van der Waals surface area contributed by atoms with Crippen molar-refractivity contribution >= 4 is 49.5 Å². The number of aliphatic carboxylic acids is 1. The maximum atomic E-state index is 11.9. The highest BCUT2D eigenvalue weighted by molar-refractivity contribution is 9.11. The van der Waals surface area contributed by atoms with Crippen LogP contribution >= 0.6 is 31.9 Å². The number of anilines is 1. The first kappa shape index (κ1) is 17.8. The van der Waals surface area contributed by atoms with Crippen LogP contribution in [0.2, 0.25) is 0 Å². The summed E-state index contributed by atoms with van der Waals surface area (Å²) in [6.07, 6.45) is 0. The second-order valence-corrected chi connectivity index (χ2v) is 6.33. The van der Waals surface area contributed by atoms with E-state index in [1.165, 1.54) is 7.11 Å². The minimum absolute atomic E-state index is 0.226. The van der Waals surface area contributed by atoms with Crippen LogP contribution in [0.4, 0.5) is 10.5 Å². The minimum Gasteiger partial charge on any atom is -0.495 e. The minimum atomic E-state index is -1.08. The fourth-order valence-electron chi connectivity index (χ4n) is 1.59. The van der Waals surface area contributed by atoms with Crippen LogP contribution in [-0.2, 0) is 4.79 Å². The number of rotatable bonds is 5. The quantitative estimate of drug-likeness (QED) is 0.676. The van der Waals surface area contributed by atoms with E-state index >= 15 is 0 Å². The molecule has 2 amide bonds. The van der Waals surface area contributed by atoms with E-state index in [1.807, 2.05) is 0 Å². The predicted octanol–water partition coefficient (Wildman–Crippen LogP) is 3.45. The number of hydrogen-bond donors (Lipinski definition) is 3. The van der Waals surface area contributed by atoms with Crippen LogP contribution in [0.5, 0.6) is 5.75 Å². The van der Waals surface area contributed by atoms with Crippen molar-refractivity contribution in [2.24, 2.45) is 5.92 Å². The van der Waals surface area contributed by atoms with Crippen molar-refractivity contribution in [1.29, 1.82) is 0 Å². The zero-order chi connectivity index (χ0) is 16.2. The fraction of sp³-hybridized carbons (Fsp3) is 0.385. The third-order valence-electron chi connectivity index (χ3n) is 2.71. The second-order valence-electron chi connectivity index (χ2n) is 4.62. The predicted molar refractivity (Wildman–Crippen MR) is 86.8 cm³/mol. The molecule has 1 rings (SSSR count). The van der Waals surface area contributed by atoms with E-state index in [9.17, 15) is 9.59 Å². The molecule has 1 aromatic rings. The maximum absolute atomic E-state index is 11.9. The second kappa shape index (κ2) is 7.65. The molecule has 0 aliphatic rings. The molecule has 0 saturated carbocycles. The molecule has 0 saturated heterocycles. The number of carbonyl (C=O) groups is 2. The van der Waals surface area contributed by atoms with Gasteiger partial charge in [-0.3, -0.25) is 0 Å². The number of carbonyl (C=O) groups excluding carboxylic acids is 1. The van der Waals surface area contributed by atoms with Gasteiger partial charge in [0.15, 0.2) is 0 Å². The Morgan fingerprint density at radius 2 is 1.86 bits per heavy atom. The summed E-state index contributed by atoms with van der Waals surface area (Å²) in [6, 6.07) is 1.80. The molecule has 21 heavy (non-hydrogen) atoms. The van der Waals surface area contributed by atoms with Gasteiger partial charge in [-0.2, -0.15) is 0 Å². The van der Waals surface area contributed by atoms with Crippen molar-refractivity contribution < 1.29 is 19.4 Å². The molecule has 0 aliphatic heterocycles. The Hall–Kier alpha value is -1.28. The van der Waals surface area contributed by atoms with Gasteiger partial charge >= 0.3 is 12.0 Å². The number of hydrogen-bond acceptors (Lipinski definition) is 3. The maximum Gasteiger partial charge on any atom is 0.326 e. The Morgan fingerprint density at radius 3 is 2.33 bits per heavy atom. The Bertz CT molecular complexity index is 549. The van der Waals surface area contributed by atoms with Crippen LogP contribution in [-0.4, -0.2) is 30.3 Å². The first-order chi connectivity index (χ1) is 9.76. The van der Waals surface area contributed by atoms with E-state index < -0.39 is 18.0 Å². The fourth-order valence-corrected chi connectivity index (χ4v) is 2.85. The molecule has 0 unspecified atom stereocenters. The zero-order valence-corrected chi connectivity index (χ0v) is 14.9. The van der Waals surface area contributed by atoms with Gasteiger partial charge in [0.2, 0.25) is 0 Å². The summed E-state index contributed by atoms with van der Waals surface area (Å²) in [7, 11) is 1.51. The van der Waals surface area contributed by atoms with Gasteiger partial charge in [-0.1, -0.05) is 13.8 Å². The molecule has 0 aromatic heterocycles. The highest BCUT2D eigenvalue weighted by Crippen LogP contribution is 2.34. The molecule has 1 aromatic carbocycles. The molecule has 0 aliphatic carbocycles. The third kappa shape index (κ3) is 4.89. The normalized spacial score (nSPS) is 11.9. The van der Waals surface area contributed by atoms with Crippen LogP contribution in [0.1, 0.15) is 13.8 Å². The lowest BCUT2D eigenvalue weighted by atomic mass is 10.1. The van der Waals surface area contributed by atoms with Gasteiger partial charge in [0.1, 0.15) is 11.8 Å². The van der Waals surface area contributed by atoms with Gasteiger partial charge < -0.3 is 20.5 Å². The van der Waals surface area contributed by atoms with E-state index in [2.05, 4.69) is 42.5 Å². The SMILES string of the molecule is COc1cc(NC(=O)N[C@@H](C(=O)O)C(C)C)c(Br)cc1Br. The molecule has 6 nitrogen and oxygen atoms in total. The topological polar surface area (TPSA) is 87.7 Å². The van der Waals surface area contributed by atoms with E-state index in [-0.39, 0.29) is 5.92 Å². The Morgan fingerprint density at radius 1 is 1.24 bits per heavy atom. The molecule has 116 valence electrons. The van der Waals surface area contributed by atoms with E-state index in [1.54, 1.807) is 26.0 Å². The first-order valence-electron chi connectivity index (χ1n) is 6.09. The van der Waals surface area contributed by atoms with Crippen molar-refractivity contribution in [3.63, 3.8) is 0 Å². The summed E-state index contributed by atoms with van der Waals surface area (Å²) in [6.45, 7) is 3.44. The van der Waals surface area contributed by atoms with Gasteiger partial charge in [0, 0.05) is 10.5 Å². The van der Waals surface area contributed by atoms with Crippen molar-refractivity contribution in [2.75, 3.05) is 12.4 Å². The number of methoxy groups -OCH3 is 1. The number of halogens is 2. The van der Waals surface area contributed by atoms with Gasteiger partial charge in [-0.25, -0.2) is 9.59 Å². The molecular weight excluding hydrogens is 408 g/mol. The summed E-state index contributed by atoms with van der Waals surface area (Å²) >= 11 is 6.64. The Labute approximate surface area is 139 Å². The van der Waals surface area contributed by atoms with Crippen molar-refractivity contribution in [3.8, 4) is 5.75 Å². The average Bonchev–Trinajstić information content (AvgIpc) is 2.38. The Kier molecular flexibility index (Phi) is 6.47. The van der Waals surface area contributed by atoms with Gasteiger partial charge in [0.25, 0.3) is 0 Å². The number of benzene rings is 1. The van der Waals surface area contributed by atoms with E-state index in [4.69, 9.17) is 9.84 Å². The molecule has 8 heteroatoms. The van der Waals surface area contributed by atoms with Gasteiger partial charge in [-0.05, 0) is 43.8 Å². The lowest BCUT2D eigenvalue weighted by molar-refractivity contribution is -0.140. The molecule has 0 spiro atoms. The smallest absolute Gasteiger partial charge is 0.326 e. The molecule has 1 atom stereocenters. The average molecular weight is 424 g/mol. The molecule has 0 heterocycles. The lowest BCUT2D eigenvalue weighted by Gasteiger charge is -2.19. The molecule has 3 N–H and O–H groups in total. The summed E-state index contributed by atoms with van der Waals surface area (Å²) in [5, 5.41) is 14.1. The van der Waals surface area contributed by atoms with Crippen molar-refractivity contribution in [2.45, 2.75) is 19.9 Å². The van der Waals surface area contributed by atoms with Gasteiger partial charge in [0.05, 0.1) is 17.3 Å². The summed E-state index contributed by atoms with van der Waals surface area (Å²) in [5.41, 5.74) is 0.473. The molecule has 0 bridgehead atoms. The molecule has 0 fully saturated rings. The summed E-state index contributed by atoms with van der Waals surface area (Å²) in [4.78, 5) is 23.0. The van der Waals surface area contributed by atoms with Crippen molar-refractivity contribution in [1.82, 2.24) is 5.32 Å². The lowest BCUT2D eigenvalue weighted by Crippen LogP contribution is -2.46. The zero-order valence-electron chi connectivity index (χ0n) is 11.7. The van der Waals surface area contributed by atoms with Crippen LogP contribution in [0, 0.1) is 5.92 Å². The molecular formula is C13H16Br2N2O4.